The predicted octanol–water partition coefficient (Wildman–Crippen LogP) is 1.14. The molecule has 0 saturated heterocycles. The lowest BCUT2D eigenvalue weighted by atomic mass is 10.3. The molecular formula is C13H17N5O3S3. The summed E-state index contributed by atoms with van der Waals surface area (Å²) < 4.78 is 26.3. The van der Waals surface area contributed by atoms with Gasteiger partial charge in [0.2, 0.25) is 15.2 Å². The van der Waals surface area contributed by atoms with Gasteiger partial charge in [-0.2, -0.15) is 0 Å². The van der Waals surface area contributed by atoms with Gasteiger partial charge in [-0.3, -0.25) is 4.79 Å². The molecule has 0 amide bonds. The molecule has 3 rings (SSSR count). The summed E-state index contributed by atoms with van der Waals surface area (Å²) in [7, 11) is -3.18. The van der Waals surface area contributed by atoms with Crippen LogP contribution in [0.4, 0.5) is 0 Å². The Kier molecular flexibility index (Phi) is 5.33. The summed E-state index contributed by atoms with van der Waals surface area (Å²) in [5.74, 6) is 0.312. The van der Waals surface area contributed by atoms with Crippen molar-refractivity contribution in [2.24, 2.45) is 0 Å². The maximum absolute atomic E-state index is 12.3. The van der Waals surface area contributed by atoms with Crippen LogP contribution in [-0.2, 0) is 16.4 Å². The van der Waals surface area contributed by atoms with Gasteiger partial charge in [-0.1, -0.05) is 11.8 Å². The number of sulfonamides is 1. The Balaban J connectivity index is 1.51. The molecule has 8 nitrogen and oxygen atoms in total. The van der Waals surface area contributed by atoms with Gasteiger partial charge in [0.15, 0.2) is 5.78 Å². The molecular weight excluding hydrogens is 370 g/mol. The molecule has 0 bridgehead atoms. The van der Waals surface area contributed by atoms with E-state index in [0.717, 1.165) is 24.0 Å². The minimum Gasteiger partial charge on any atom is -0.292 e. The molecule has 1 N–H and O–H groups in total. The summed E-state index contributed by atoms with van der Waals surface area (Å²) in [6.07, 6.45) is 3.87. The van der Waals surface area contributed by atoms with Crippen molar-refractivity contribution in [1.29, 1.82) is 0 Å². The number of Topliss-reactive ketones (excluding diaryl/α,β-unsaturated/α-hetero) is 1. The van der Waals surface area contributed by atoms with Gasteiger partial charge in [-0.25, -0.2) is 17.8 Å². The normalized spacial score (nSPS) is 14.9. The lowest BCUT2D eigenvalue weighted by Crippen LogP contribution is -2.23. The molecule has 0 radical (unpaired) electrons. The lowest BCUT2D eigenvalue weighted by Gasteiger charge is -2.01. The van der Waals surface area contributed by atoms with E-state index in [0.29, 0.717) is 29.0 Å². The molecule has 0 aromatic carbocycles. The van der Waals surface area contributed by atoms with E-state index in [9.17, 15) is 13.2 Å². The first kappa shape index (κ1) is 17.5. The second-order valence-electron chi connectivity index (χ2n) is 5.53. The standard InChI is InChI=1S/C13H17N5O3S3/c1-24(20,21)14-7-6-10-4-5-12(23-10)11(19)8-22-13-15-16-17-18(13)9-2-3-9/h4-5,9,14H,2-3,6-8H2,1H3. The molecule has 0 aliphatic heterocycles. The zero-order valence-corrected chi connectivity index (χ0v) is 15.5. The smallest absolute Gasteiger partial charge is 0.210 e. The monoisotopic (exact) mass is 387 g/mol. The molecule has 11 heteroatoms. The van der Waals surface area contributed by atoms with Crippen molar-refractivity contribution in [3.63, 3.8) is 0 Å². The van der Waals surface area contributed by atoms with E-state index in [1.54, 1.807) is 10.7 Å². The highest BCUT2D eigenvalue weighted by atomic mass is 32.2. The second kappa shape index (κ2) is 7.30. The fraction of sp³-hybridized carbons (Fsp3) is 0.538. The highest BCUT2D eigenvalue weighted by Crippen LogP contribution is 2.36. The number of carbonyl (C=O) groups excluding carboxylic acids is 1. The van der Waals surface area contributed by atoms with Crippen molar-refractivity contribution >= 4 is 38.9 Å². The predicted molar refractivity (Wildman–Crippen MR) is 92.0 cm³/mol. The number of hydrogen-bond donors (Lipinski definition) is 1. The Bertz CT molecular complexity index is 826. The van der Waals surface area contributed by atoms with Gasteiger partial charge in [0, 0.05) is 11.4 Å². The minimum atomic E-state index is -3.18. The molecule has 24 heavy (non-hydrogen) atoms. The number of carbonyl (C=O) groups is 1. The van der Waals surface area contributed by atoms with E-state index in [2.05, 4.69) is 20.2 Å². The molecule has 0 unspecified atom stereocenters. The zero-order chi connectivity index (χ0) is 17.2. The maximum atomic E-state index is 12.3. The van der Waals surface area contributed by atoms with Gasteiger partial charge in [0.25, 0.3) is 0 Å². The van der Waals surface area contributed by atoms with Crippen LogP contribution in [0.5, 0.6) is 0 Å². The summed E-state index contributed by atoms with van der Waals surface area (Å²) in [4.78, 5) is 13.9. The van der Waals surface area contributed by atoms with Gasteiger partial charge in [0.05, 0.1) is 22.9 Å². The van der Waals surface area contributed by atoms with Crippen LogP contribution in [0.3, 0.4) is 0 Å². The van der Waals surface area contributed by atoms with Gasteiger partial charge >= 0.3 is 0 Å². The Morgan fingerprint density at radius 2 is 2.25 bits per heavy atom. The van der Waals surface area contributed by atoms with Crippen LogP contribution in [0, 0.1) is 0 Å². The zero-order valence-electron chi connectivity index (χ0n) is 13.0. The fourth-order valence-electron chi connectivity index (χ4n) is 2.05. The highest BCUT2D eigenvalue weighted by Gasteiger charge is 2.28. The number of aromatic nitrogens is 4. The molecule has 1 aliphatic rings. The Morgan fingerprint density at radius 1 is 1.46 bits per heavy atom. The van der Waals surface area contributed by atoms with E-state index in [4.69, 9.17) is 0 Å². The SMILES string of the molecule is CS(=O)(=O)NCCc1ccc(C(=O)CSc2nnnn2C2CC2)s1. The number of rotatable bonds is 9. The van der Waals surface area contributed by atoms with E-state index in [1.165, 1.54) is 23.1 Å². The van der Waals surface area contributed by atoms with Gasteiger partial charge in [-0.15, -0.1) is 16.4 Å². The van der Waals surface area contributed by atoms with E-state index in [1.807, 2.05) is 6.07 Å². The molecule has 1 fully saturated rings. The minimum absolute atomic E-state index is 0.0256. The van der Waals surface area contributed by atoms with Crippen LogP contribution in [0.25, 0.3) is 0 Å². The Labute approximate surface area is 148 Å². The average molecular weight is 388 g/mol. The summed E-state index contributed by atoms with van der Waals surface area (Å²) in [5.41, 5.74) is 0. The lowest BCUT2D eigenvalue weighted by molar-refractivity contribution is 0.102. The van der Waals surface area contributed by atoms with Gasteiger partial charge < -0.3 is 0 Å². The highest BCUT2D eigenvalue weighted by molar-refractivity contribution is 7.99. The van der Waals surface area contributed by atoms with E-state index in [-0.39, 0.29) is 11.5 Å². The van der Waals surface area contributed by atoms with Crippen molar-refractivity contribution in [1.82, 2.24) is 24.9 Å². The maximum Gasteiger partial charge on any atom is 0.210 e. The van der Waals surface area contributed by atoms with E-state index >= 15 is 0 Å². The summed E-state index contributed by atoms with van der Waals surface area (Å²) >= 11 is 2.74. The van der Waals surface area contributed by atoms with Crippen molar-refractivity contribution in [2.45, 2.75) is 30.5 Å². The largest absolute Gasteiger partial charge is 0.292 e. The number of tetrazole rings is 1. The van der Waals surface area contributed by atoms with Crippen molar-refractivity contribution in [3.05, 3.63) is 21.9 Å². The van der Waals surface area contributed by atoms with Crippen molar-refractivity contribution < 1.29 is 13.2 Å². The van der Waals surface area contributed by atoms with Gasteiger partial charge in [0.1, 0.15) is 0 Å². The number of nitrogens with one attached hydrogen (secondary N) is 1. The third kappa shape index (κ3) is 4.85. The first-order valence-corrected chi connectivity index (χ1v) is 11.1. The van der Waals surface area contributed by atoms with Crippen LogP contribution < -0.4 is 4.72 Å². The van der Waals surface area contributed by atoms with E-state index < -0.39 is 10.0 Å². The third-order valence-electron chi connectivity index (χ3n) is 3.36. The molecule has 0 atom stereocenters. The summed E-state index contributed by atoms with van der Waals surface area (Å²) in [5, 5.41) is 12.3. The van der Waals surface area contributed by atoms with Crippen LogP contribution in [0.15, 0.2) is 17.3 Å². The Morgan fingerprint density at radius 3 is 2.96 bits per heavy atom. The Hall–Kier alpha value is -1.30. The number of hydrogen-bond acceptors (Lipinski definition) is 8. The molecule has 1 aliphatic carbocycles. The van der Waals surface area contributed by atoms with Gasteiger partial charge in [-0.05, 0) is 41.8 Å². The van der Waals surface area contributed by atoms with Crippen molar-refractivity contribution in [3.8, 4) is 0 Å². The van der Waals surface area contributed by atoms with Crippen LogP contribution >= 0.6 is 23.1 Å². The first-order valence-electron chi connectivity index (χ1n) is 7.39. The molecule has 2 aromatic heterocycles. The molecule has 130 valence electrons. The molecule has 2 aromatic rings. The third-order valence-corrected chi connectivity index (χ3v) is 6.21. The average Bonchev–Trinajstić information content (AvgIpc) is 3.06. The molecule has 2 heterocycles. The molecule has 1 saturated carbocycles. The number of ketones is 1. The second-order valence-corrected chi connectivity index (χ2v) is 9.48. The van der Waals surface area contributed by atoms with Crippen LogP contribution in [0.1, 0.15) is 33.4 Å². The molecule has 0 spiro atoms. The fourth-order valence-corrected chi connectivity index (χ4v) is 4.39. The quantitative estimate of drug-likeness (QED) is 0.508. The number of thioether (sulfide) groups is 1. The van der Waals surface area contributed by atoms with Crippen LogP contribution in [-0.4, -0.2) is 53.0 Å². The summed E-state index contributed by atoms with van der Waals surface area (Å²) in [6.45, 7) is 0.331. The topological polar surface area (TPSA) is 107 Å². The van der Waals surface area contributed by atoms with Crippen LogP contribution in [0.2, 0.25) is 0 Å². The first-order chi connectivity index (χ1) is 11.4. The van der Waals surface area contributed by atoms with Crippen molar-refractivity contribution in [2.75, 3.05) is 18.6 Å². The summed E-state index contributed by atoms with van der Waals surface area (Å²) in [6, 6.07) is 4.03. The number of nitrogens with zero attached hydrogens (tertiary/aromatic N) is 4. The number of thiophene rings is 1.